The molecule has 8 heteroatoms. The second-order valence-corrected chi connectivity index (χ2v) is 8.28. The Morgan fingerprint density at radius 2 is 2.33 bits per heavy atom. The number of ether oxygens (including phenoxy) is 1. The minimum Gasteiger partial charge on any atom is -0.489 e. The summed E-state index contributed by atoms with van der Waals surface area (Å²) in [4.78, 5) is 19.8. The molecule has 1 amide bonds. The molecule has 1 aliphatic carbocycles. The highest BCUT2D eigenvalue weighted by molar-refractivity contribution is 5.99. The summed E-state index contributed by atoms with van der Waals surface area (Å²) in [5, 5.41) is 7.14. The molecule has 2 aliphatic heterocycles. The van der Waals surface area contributed by atoms with Crippen molar-refractivity contribution in [2.45, 2.75) is 38.3 Å². The van der Waals surface area contributed by atoms with Crippen molar-refractivity contribution in [3.05, 3.63) is 59.9 Å². The largest absolute Gasteiger partial charge is 0.489 e. The third-order valence-corrected chi connectivity index (χ3v) is 6.29. The van der Waals surface area contributed by atoms with E-state index in [4.69, 9.17) is 9.72 Å². The number of nitrogens with one attached hydrogen (secondary N) is 1. The average Bonchev–Trinajstić information content (AvgIpc) is 3.11. The van der Waals surface area contributed by atoms with Gasteiger partial charge in [0.05, 0.1) is 24.1 Å². The van der Waals surface area contributed by atoms with E-state index < -0.39 is 0 Å². The Kier molecular flexibility index (Phi) is 4.20. The summed E-state index contributed by atoms with van der Waals surface area (Å²) in [5.41, 5.74) is 1.49. The van der Waals surface area contributed by atoms with Gasteiger partial charge in [0.25, 0.3) is 5.91 Å². The van der Waals surface area contributed by atoms with Gasteiger partial charge in [0, 0.05) is 18.3 Å². The van der Waals surface area contributed by atoms with Gasteiger partial charge < -0.3 is 15.0 Å². The molecule has 2 bridgehead atoms. The second kappa shape index (κ2) is 6.68. The maximum atomic E-state index is 13.5. The second-order valence-electron chi connectivity index (χ2n) is 8.28. The van der Waals surface area contributed by atoms with Crippen LogP contribution in [0.25, 0.3) is 5.65 Å². The number of halogens is 1. The van der Waals surface area contributed by atoms with Gasteiger partial charge >= 0.3 is 0 Å². The maximum absolute atomic E-state index is 13.5. The number of fused-ring (bicyclic) bond motifs is 2. The lowest BCUT2D eigenvalue weighted by Crippen LogP contribution is -2.38. The zero-order valence-corrected chi connectivity index (χ0v) is 17.1. The number of hydrogen-bond acceptors (Lipinski definition) is 5. The molecule has 4 heterocycles. The third kappa shape index (κ3) is 2.81. The predicted octanol–water partition coefficient (Wildman–Crippen LogP) is 3.16. The van der Waals surface area contributed by atoms with Crippen molar-refractivity contribution in [2.24, 2.45) is 5.92 Å². The lowest BCUT2D eigenvalue weighted by Gasteiger charge is -2.32. The van der Waals surface area contributed by atoms with Crippen LogP contribution in [0, 0.1) is 5.92 Å². The zero-order chi connectivity index (χ0) is 21.0. The van der Waals surface area contributed by atoms with E-state index >= 15 is 0 Å². The van der Waals surface area contributed by atoms with Gasteiger partial charge in [-0.3, -0.25) is 4.79 Å². The van der Waals surface area contributed by atoms with Crippen molar-refractivity contribution in [3.8, 4) is 0 Å². The first-order chi connectivity index (χ1) is 14.4. The molecule has 1 spiro atoms. The fourth-order valence-electron chi connectivity index (χ4n) is 4.70. The molecule has 2 aromatic rings. The molecular formula is C22H24FN5O2. The van der Waals surface area contributed by atoms with Gasteiger partial charge in [-0.15, -0.1) is 0 Å². The van der Waals surface area contributed by atoms with E-state index in [-0.39, 0.29) is 23.4 Å². The van der Waals surface area contributed by atoms with Crippen LogP contribution >= 0.6 is 0 Å². The first kappa shape index (κ1) is 18.8. The van der Waals surface area contributed by atoms with Crippen molar-refractivity contribution in [1.82, 2.24) is 19.9 Å². The van der Waals surface area contributed by atoms with Crippen LogP contribution in [0.2, 0.25) is 0 Å². The molecular weight excluding hydrogens is 385 g/mol. The van der Waals surface area contributed by atoms with Crippen LogP contribution < -0.4 is 10.2 Å². The number of allylic oxidation sites excluding steroid dienone is 3. The summed E-state index contributed by atoms with van der Waals surface area (Å²) in [6.45, 7) is 8.77. The third-order valence-electron chi connectivity index (χ3n) is 6.29. The molecule has 0 unspecified atom stereocenters. The van der Waals surface area contributed by atoms with E-state index in [1.807, 2.05) is 19.2 Å². The first-order valence-electron chi connectivity index (χ1n) is 10.2. The molecule has 1 N–H and O–H groups in total. The molecule has 5 rings (SSSR count). The molecule has 3 aliphatic rings. The first-order valence-corrected chi connectivity index (χ1v) is 10.2. The number of piperidine rings is 1. The Bertz CT molecular complexity index is 1120. The smallest absolute Gasteiger partial charge is 0.256 e. The molecule has 1 saturated carbocycles. The minimum absolute atomic E-state index is 0.256. The number of rotatable bonds is 1. The molecule has 30 heavy (non-hydrogen) atoms. The van der Waals surface area contributed by atoms with Crippen molar-refractivity contribution in [3.63, 3.8) is 0 Å². The number of carbonyl (C=O) groups excluding carboxylic acids is 1. The van der Waals surface area contributed by atoms with Crippen LogP contribution in [0.1, 0.15) is 37.0 Å². The van der Waals surface area contributed by atoms with E-state index in [9.17, 15) is 9.18 Å². The highest BCUT2D eigenvalue weighted by Crippen LogP contribution is 2.61. The highest BCUT2D eigenvalue weighted by Gasteiger charge is 2.64. The Morgan fingerprint density at radius 3 is 3.10 bits per heavy atom. The SMILES string of the molecule is C=C1/C(=C\C=C(/C)F)O[C@@H](C)CNC(=O)c2cnn3ccc(nc23)N2CC[C@H]3C[C@]132. The van der Waals surface area contributed by atoms with Crippen LogP contribution in [0.15, 0.2) is 54.4 Å². The summed E-state index contributed by atoms with van der Waals surface area (Å²) in [6.07, 6.45) is 8.04. The molecule has 3 atom stereocenters. The van der Waals surface area contributed by atoms with Crippen molar-refractivity contribution in [1.29, 1.82) is 0 Å². The van der Waals surface area contributed by atoms with Gasteiger partial charge in [-0.25, -0.2) is 13.9 Å². The van der Waals surface area contributed by atoms with Crippen LogP contribution in [0.5, 0.6) is 0 Å². The summed E-state index contributed by atoms with van der Waals surface area (Å²) in [6, 6.07) is 1.91. The van der Waals surface area contributed by atoms with Crippen LogP contribution in [-0.4, -0.2) is 45.2 Å². The summed E-state index contributed by atoms with van der Waals surface area (Å²) in [5.74, 6) is 1.22. The molecule has 0 aromatic carbocycles. The standard InChI is InChI=1S/C22H24FN5O2/c1-13(23)4-5-18-15(3)22-10-16(22)6-8-27(22)19-7-9-28-20(26-19)17(12-25-28)21(29)24-11-14(2)30-18/h4-5,7,9,12,14,16H,3,6,8,10-11H2,1-2H3,(H,24,29)/b13-4+,18-5+/t14-,16-,22-/m0/s1. The van der Waals surface area contributed by atoms with Gasteiger partial charge in [0.1, 0.15) is 23.2 Å². The summed E-state index contributed by atoms with van der Waals surface area (Å²) < 4.78 is 21.2. The zero-order valence-electron chi connectivity index (χ0n) is 17.1. The fraction of sp³-hybridized carbons (Fsp3) is 0.409. The van der Waals surface area contributed by atoms with Gasteiger partial charge in [-0.1, -0.05) is 6.58 Å². The topological polar surface area (TPSA) is 71.8 Å². The molecule has 2 aromatic heterocycles. The Morgan fingerprint density at radius 1 is 1.50 bits per heavy atom. The molecule has 2 fully saturated rings. The molecule has 1 saturated heterocycles. The van der Waals surface area contributed by atoms with E-state index in [1.165, 1.54) is 19.2 Å². The lowest BCUT2D eigenvalue weighted by molar-refractivity contribution is 0.0896. The summed E-state index contributed by atoms with van der Waals surface area (Å²) in [7, 11) is 0. The number of aromatic nitrogens is 3. The van der Waals surface area contributed by atoms with E-state index in [2.05, 4.69) is 21.9 Å². The Hall–Kier alpha value is -3.16. The van der Waals surface area contributed by atoms with Gasteiger partial charge in [0.15, 0.2) is 5.65 Å². The maximum Gasteiger partial charge on any atom is 0.256 e. The van der Waals surface area contributed by atoms with Crippen LogP contribution in [-0.2, 0) is 4.74 Å². The molecule has 0 radical (unpaired) electrons. The molecule has 156 valence electrons. The predicted molar refractivity (Wildman–Crippen MR) is 111 cm³/mol. The van der Waals surface area contributed by atoms with Crippen LogP contribution in [0.3, 0.4) is 0 Å². The monoisotopic (exact) mass is 409 g/mol. The normalized spacial score (nSPS) is 30.3. The number of nitrogens with zero attached hydrogens (tertiary/aromatic N) is 4. The van der Waals surface area contributed by atoms with Crippen molar-refractivity contribution >= 4 is 17.4 Å². The van der Waals surface area contributed by atoms with E-state index in [0.29, 0.717) is 29.4 Å². The molecule has 7 nitrogen and oxygen atoms in total. The highest BCUT2D eigenvalue weighted by atomic mass is 19.1. The van der Waals surface area contributed by atoms with E-state index in [1.54, 1.807) is 10.6 Å². The Labute approximate surface area is 173 Å². The lowest BCUT2D eigenvalue weighted by atomic mass is 10.0. The number of carbonyl (C=O) groups is 1. The van der Waals surface area contributed by atoms with E-state index in [0.717, 1.165) is 30.8 Å². The number of hydrogen-bond donors (Lipinski definition) is 1. The minimum atomic E-state index is -0.323. The van der Waals surface area contributed by atoms with Crippen molar-refractivity contribution in [2.75, 3.05) is 18.0 Å². The van der Waals surface area contributed by atoms with Crippen LogP contribution in [0.4, 0.5) is 10.2 Å². The van der Waals surface area contributed by atoms with Gasteiger partial charge in [-0.2, -0.15) is 5.10 Å². The number of anilines is 1. The van der Waals surface area contributed by atoms with Gasteiger partial charge in [0.2, 0.25) is 0 Å². The average molecular weight is 409 g/mol. The van der Waals surface area contributed by atoms with Crippen molar-refractivity contribution < 1.29 is 13.9 Å². The Balaban J connectivity index is 1.64. The summed E-state index contributed by atoms with van der Waals surface area (Å²) >= 11 is 0. The number of amides is 1. The quantitative estimate of drug-likeness (QED) is 0.783. The van der Waals surface area contributed by atoms with Gasteiger partial charge in [-0.05, 0) is 50.8 Å². The fourth-order valence-corrected chi connectivity index (χ4v) is 4.70.